The van der Waals surface area contributed by atoms with E-state index < -0.39 is 0 Å². The van der Waals surface area contributed by atoms with Gasteiger partial charge in [-0.1, -0.05) is 19.1 Å². The summed E-state index contributed by atoms with van der Waals surface area (Å²) in [4.78, 5) is 29.3. The molecule has 134 valence electrons. The minimum absolute atomic E-state index is 0.151. The highest BCUT2D eigenvalue weighted by atomic mass is 16.5. The molecule has 5 heteroatoms. The third kappa shape index (κ3) is 3.28. The number of hydrogen-bond donors (Lipinski definition) is 0. The molecule has 0 atom stereocenters. The molecule has 0 N–H and O–H groups in total. The quantitative estimate of drug-likeness (QED) is 0.746. The maximum atomic E-state index is 13.0. The summed E-state index contributed by atoms with van der Waals surface area (Å²) < 4.78 is 5.62. The van der Waals surface area contributed by atoms with Crippen LogP contribution in [0.4, 0.5) is 0 Å². The summed E-state index contributed by atoms with van der Waals surface area (Å²) in [5.41, 5.74) is 1.88. The van der Waals surface area contributed by atoms with Crippen molar-refractivity contribution in [3.05, 3.63) is 35.5 Å². The highest BCUT2D eigenvalue weighted by Crippen LogP contribution is 2.34. The van der Waals surface area contributed by atoms with Gasteiger partial charge in [0.15, 0.2) is 0 Å². The Kier molecular flexibility index (Phi) is 5.11. The molecule has 2 aliphatic heterocycles. The van der Waals surface area contributed by atoms with Crippen molar-refractivity contribution >= 4 is 17.4 Å². The third-order valence-electron chi connectivity index (χ3n) is 4.65. The third-order valence-corrected chi connectivity index (χ3v) is 4.65. The van der Waals surface area contributed by atoms with Crippen LogP contribution in [-0.4, -0.2) is 47.4 Å². The second kappa shape index (κ2) is 7.30. The lowest BCUT2D eigenvalue weighted by Gasteiger charge is -2.22. The molecule has 0 bridgehead atoms. The zero-order valence-corrected chi connectivity index (χ0v) is 15.2. The number of hydrogen-bond acceptors (Lipinski definition) is 4. The maximum Gasteiger partial charge on any atom is 0.278 e. The SMILES string of the molecule is CCCOc1ccc(C2=C(N3CCCC3)C(=O)N(C(C)C)C2=O)cc1. The number of amides is 2. The number of likely N-dealkylation sites (tertiary alicyclic amines) is 1. The standard InChI is InChI=1S/C20H26N2O3/c1-4-13-25-16-9-7-15(8-10-16)17-18(21-11-5-6-12-21)20(24)22(14(2)3)19(17)23/h7-10,14H,4-6,11-13H2,1-3H3. The van der Waals surface area contributed by atoms with Gasteiger partial charge >= 0.3 is 0 Å². The summed E-state index contributed by atoms with van der Waals surface area (Å²) in [6.07, 6.45) is 3.07. The van der Waals surface area contributed by atoms with Gasteiger partial charge in [0.05, 0.1) is 12.2 Å². The topological polar surface area (TPSA) is 49.9 Å². The van der Waals surface area contributed by atoms with E-state index in [-0.39, 0.29) is 17.9 Å². The van der Waals surface area contributed by atoms with Crippen molar-refractivity contribution in [2.45, 2.75) is 46.1 Å². The summed E-state index contributed by atoms with van der Waals surface area (Å²) in [5.74, 6) is 0.429. The average molecular weight is 342 g/mol. The molecule has 5 nitrogen and oxygen atoms in total. The first-order valence-corrected chi connectivity index (χ1v) is 9.15. The van der Waals surface area contributed by atoms with E-state index in [0.717, 1.165) is 43.7 Å². The first-order valence-electron chi connectivity index (χ1n) is 9.15. The minimum Gasteiger partial charge on any atom is -0.494 e. The molecule has 3 rings (SSSR count). The number of imide groups is 1. The summed E-state index contributed by atoms with van der Waals surface area (Å²) in [6.45, 7) is 8.15. The number of carbonyl (C=O) groups excluding carboxylic acids is 2. The molecule has 1 aromatic carbocycles. The van der Waals surface area contributed by atoms with Gasteiger partial charge in [0.1, 0.15) is 11.4 Å². The molecule has 2 heterocycles. The van der Waals surface area contributed by atoms with Crippen LogP contribution in [0.2, 0.25) is 0 Å². The van der Waals surface area contributed by atoms with E-state index in [1.54, 1.807) is 0 Å². The molecule has 0 saturated carbocycles. The van der Waals surface area contributed by atoms with E-state index in [2.05, 4.69) is 11.8 Å². The molecular formula is C20H26N2O3. The smallest absolute Gasteiger partial charge is 0.278 e. The normalized spacial score (nSPS) is 18.1. The van der Waals surface area contributed by atoms with Gasteiger partial charge in [-0.2, -0.15) is 0 Å². The summed E-state index contributed by atoms with van der Waals surface area (Å²) in [7, 11) is 0. The molecule has 0 aliphatic carbocycles. The number of ether oxygens (including phenoxy) is 1. The van der Waals surface area contributed by atoms with Crippen molar-refractivity contribution in [1.82, 2.24) is 9.80 Å². The van der Waals surface area contributed by atoms with Crippen LogP contribution in [-0.2, 0) is 9.59 Å². The van der Waals surface area contributed by atoms with Crippen molar-refractivity contribution in [1.29, 1.82) is 0 Å². The predicted molar refractivity (Wildman–Crippen MR) is 96.9 cm³/mol. The Morgan fingerprint density at radius 3 is 2.24 bits per heavy atom. The lowest BCUT2D eigenvalue weighted by molar-refractivity contribution is -0.139. The predicted octanol–water partition coefficient (Wildman–Crippen LogP) is 3.06. The van der Waals surface area contributed by atoms with E-state index >= 15 is 0 Å². The molecule has 1 fully saturated rings. The largest absolute Gasteiger partial charge is 0.494 e. The van der Waals surface area contributed by atoms with Crippen LogP contribution in [0, 0.1) is 0 Å². The van der Waals surface area contributed by atoms with Gasteiger partial charge in [-0.3, -0.25) is 14.5 Å². The van der Waals surface area contributed by atoms with Gasteiger partial charge in [0, 0.05) is 19.1 Å². The van der Waals surface area contributed by atoms with Gasteiger partial charge in [-0.15, -0.1) is 0 Å². The van der Waals surface area contributed by atoms with Crippen LogP contribution in [0.15, 0.2) is 30.0 Å². The zero-order valence-electron chi connectivity index (χ0n) is 15.2. The molecule has 0 radical (unpaired) electrons. The van der Waals surface area contributed by atoms with Crippen molar-refractivity contribution in [2.24, 2.45) is 0 Å². The van der Waals surface area contributed by atoms with Crippen molar-refractivity contribution < 1.29 is 14.3 Å². The van der Waals surface area contributed by atoms with Crippen molar-refractivity contribution in [2.75, 3.05) is 19.7 Å². The lowest BCUT2D eigenvalue weighted by atomic mass is 10.0. The highest BCUT2D eigenvalue weighted by Gasteiger charge is 2.43. The first-order chi connectivity index (χ1) is 12.0. The second-order valence-electron chi connectivity index (χ2n) is 6.86. The van der Waals surface area contributed by atoms with E-state index in [9.17, 15) is 9.59 Å². The molecule has 1 aromatic rings. The molecule has 2 aliphatic rings. The molecule has 1 saturated heterocycles. The van der Waals surface area contributed by atoms with Crippen LogP contribution in [0.5, 0.6) is 5.75 Å². The van der Waals surface area contributed by atoms with E-state index in [1.165, 1.54) is 4.90 Å². The molecule has 25 heavy (non-hydrogen) atoms. The van der Waals surface area contributed by atoms with Crippen LogP contribution in [0.1, 0.15) is 45.6 Å². The number of nitrogens with zero attached hydrogens (tertiary/aromatic N) is 2. The Balaban J connectivity index is 1.99. The van der Waals surface area contributed by atoms with E-state index in [4.69, 9.17) is 4.74 Å². The van der Waals surface area contributed by atoms with Gasteiger partial charge in [-0.05, 0) is 50.8 Å². The Morgan fingerprint density at radius 2 is 1.68 bits per heavy atom. The number of benzene rings is 1. The summed E-state index contributed by atoms with van der Waals surface area (Å²) in [6, 6.07) is 7.35. The fourth-order valence-corrected chi connectivity index (χ4v) is 3.44. The summed E-state index contributed by atoms with van der Waals surface area (Å²) in [5, 5.41) is 0. The van der Waals surface area contributed by atoms with Crippen LogP contribution in [0.3, 0.4) is 0 Å². The molecule has 0 spiro atoms. The Hall–Kier alpha value is -2.30. The molecule has 0 aromatic heterocycles. The fourth-order valence-electron chi connectivity index (χ4n) is 3.44. The molecule has 0 unspecified atom stereocenters. The number of rotatable bonds is 6. The maximum absolute atomic E-state index is 13.0. The average Bonchev–Trinajstić information content (AvgIpc) is 3.19. The van der Waals surface area contributed by atoms with Crippen LogP contribution >= 0.6 is 0 Å². The van der Waals surface area contributed by atoms with Crippen molar-refractivity contribution in [3.63, 3.8) is 0 Å². The Labute approximate surface area is 149 Å². The van der Waals surface area contributed by atoms with Gasteiger partial charge in [0.2, 0.25) is 0 Å². The highest BCUT2D eigenvalue weighted by molar-refractivity contribution is 6.35. The number of carbonyl (C=O) groups is 2. The fraction of sp³-hybridized carbons (Fsp3) is 0.500. The second-order valence-corrected chi connectivity index (χ2v) is 6.86. The van der Waals surface area contributed by atoms with Crippen LogP contribution in [0.25, 0.3) is 5.57 Å². The monoisotopic (exact) mass is 342 g/mol. The summed E-state index contributed by atoms with van der Waals surface area (Å²) >= 11 is 0. The van der Waals surface area contributed by atoms with Crippen molar-refractivity contribution in [3.8, 4) is 5.75 Å². The van der Waals surface area contributed by atoms with E-state index in [1.807, 2.05) is 38.1 Å². The Morgan fingerprint density at radius 1 is 1.04 bits per heavy atom. The Bertz CT molecular complexity index is 685. The zero-order chi connectivity index (χ0) is 18.0. The van der Waals surface area contributed by atoms with E-state index in [0.29, 0.717) is 17.9 Å². The minimum atomic E-state index is -0.191. The van der Waals surface area contributed by atoms with Gasteiger partial charge in [0.25, 0.3) is 11.8 Å². The lowest BCUT2D eigenvalue weighted by Crippen LogP contribution is -2.39. The van der Waals surface area contributed by atoms with Gasteiger partial charge in [-0.25, -0.2) is 0 Å². The first kappa shape index (κ1) is 17.5. The molecule has 2 amide bonds. The molecular weight excluding hydrogens is 316 g/mol. The van der Waals surface area contributed by atoms with Gasteiger partial charge < -0.3 is 9.64 Å². The van der Waals surface area contributed by atoms with Crippen LogP contribution < -0.4 is 4.74 Å².